The van der Waals surface area contributed by atoms with E-state index in [9.17, 15) is 9.59 Å². The number of ether oxygens (including phenoxy) is 1. The van der Waals surface area contributed by atoms with Gasteiger partial charge >= 0.3 is 0 Å². The molecular formula is C28H29N5O3. The fourth-order valence-corrected chi connectivity index (χ4v) is 3.99. The number of anilines is 1. The van der Waals surface area contributed by atoms with Gasteiger partial charge in [-0.3, -0.25) is 9.59 Å². The zero-order valence-corrected chi connectivity index (χ0v) is 20.3. The minimum absolute atomic E-state index is 0.0407. The second-order valence-electron chi connectivity index (χ2n) is 8.92. The summed E-state index contributed by atoms with van der Waals surface area (Å²) in [6.45, 7) is 5.32. The topological polar surface area (TPSA) is 107 Å². The van der Waals surface area contributed by atoms with E-state index in [0.29, 0.717) is 36.8 Å². The van der Waals surface area contributed by atoms with E-state index in [1.54, 1.807) is 42.3 Å². The zero-order valence-electron chi connectivity index (χ0n) is 20.3. The molecule has 1 aromatic heterocycles. The van der Waals surface area contributed by atoms with E-state index < -0.39 is 6.04 Å². The number of hydrogen-bond acceptors (Lipinski definition) is 6. The van der Waals surface area contributed by atoms with Crippen molar-refractivity contribution in [2.75, 3.05) is 25.0 Å². The van der Waals surface area contributed by atoms with Gasteiger partial charge in [0.1, 0.15) is 23.7 Å². The predicted molar refractivity (Wildman–Crippen MR) is 136 cm³/mol. The third kappa shape index (κ3) is 6.26. The molecule has 2 atom stereocenters. The lowest BCUT2D eigenvalue weighted by atomic mass is 9.98. The number of hydrogen-bond donors (Lipinski definition) is 2. The minimum Gasteiger partial charge on any atom is -0.485 e. The monoisotopic (exact) mass is 483 g/mol. The van der Waals surface area contributed by atoms with Crippen molar-refractivity contribution in [3.8, 4) is 11.8 Å². The number of carbonyl (C=O) groups excluding carboxylic acids is 2. The smallest absolute Gasteiger partial charge is 0.247 e. The molecule has 3 aromatic rings. The largest absolute Gasteiger partial charge is 0.485 e. The molecule has 0 radical (unpaired) electrons. The van der Waals surface area contributed by atoms with Gasteiger partial charge in [-0.05, 0) is 41.3 Å². The van der Waals surface area contributed by atoms with Crippen LogP contribution in [0.2, 0.25) is 0 Å². The molecule has 0 spiro atoms. The maximum absolute atomic E-state index is 13.2. The van der Waals surface area contributed by atoms with Crippen molar-refractivity contribution >= 4 is 17.6 Å². The molecule has 0 saturated carbocycles. The van der Waals surface area contributed by atoms with Gasteiger partial charge in [-0.1, -0.05) is 49.4 Å². The van der Waals surface area contributed by atoms with Crippen molar-refractivity contribution in [2.24, 2.45) is 0 Å². The van der Waals surface area contributed by atoms with Crippen molar-refractivity contribution in [1.82, 2.24) is 15.2 Å². The van der Waals surface area contributed by atoms with Gasteiger partial charge in [-0.2, -0.15) is 5.26 Å². The third-order valence-corrected chi connectivity index (χ3v) is 6.22. The van der Waals surface area contributed by atoms with E-state index in [1.165, 1.54) is 0 Å². The number of likely N-dealkylation sites (tertiary alicyclic amines) is 1. The molecule has 2 heterocycles. The van der Waals surface area contributed by atoms with Crippen molar-refractivity contribution < 1.29 is 14.3 Å². The summed E-state index contributed by atoms with van der Waals surface area (Å²) < 4.78 is 5.83. The van der Waals surface area contributed by atoms with Crippen LogP contribution < -0.4 is 15.4 Å². The maximum Gasteiger partial charge on any atom is 0.247 e. The Morgan fingerprint density at radius 3 is 2.42 bits per heavy atom. The van der Waals surface area contributed by atoms with Crippen molar-refractivity contribution in [1.29, 1.82) is 5.26 Å². The average molecular weight is 484 g/mol. The highest BCUT2D eigenvalue weighted by Gasteiger charge is 2.30. The Bertz CT molecular complexity index is 1220. The lowest BCUT2D eigenvalue weighted by Crippen LogP contribution is -2.55. The SMILES string of the molecule is CC(=O)N1CC(Oc2ccc(NC(=O)[C@@H](NCC(C)c3ccc(C#N)cc3)c3ccccc3)nc2)C1. The molecule has 8 nitrogen and oxygen atoms in total. The van der Waals surface area contributed by atoms with Gasteiger partial charge in [0.25, 0.3) is 0 Å². The van der Waals surface area contributed by atoms with E-state index in [2.05, 4.69) is 28.6 Å². The molecule has 2 N–H and O–H groups in total. The van der Waals surface area contributed by atoms with Gasteiger partial charge in [0.2, 0.25) is 11.8 Å². The summed E-state index contributed by atoms with van der Waals surface area (Å²) in [5, 5.41) is 15.3. The molecule has 0 bridgehead atoms. The lowest BCUT2D eigenvalue weighted by molar-refractivity contribution is -0.137. The highest BCUT2D eigenvalue weighted by Crippen LogP contribution is 2.21. The molecule has 184 valence electrons. The first-order valence-corrected chi connectivity index (χ1v) is 11.9. The number of nitrogens with zero attached hydrogens (tertiary/aromatic N) is 3. The van der Waals surface area contributed by atoms with Gasteiger partial charge in [-0.15, -0.1) is 0 Å². The first-order chi connectivity index (χ1) is 17.4. The maximum atomic E-state index is 13.2. The van der Waals surface area contributed by atoms with Crippen molar-refractivity contribution in [3.63, 3.8) is 0 Å². The molecule has 1 aliphatic heterocycles. The minimum atomic E-state index is -0.572. The van der Waals surface area contributed by atoms with Crippen LogP contribution in [-0.2, 0) is 9.59 Å². The first kappa shape index (κ1) is 24.9. The molecule has 2 amide bonds. The third-order valence-electron chi connectivity index (χ3n) is 6.22. The Hall–Kier alpha value is -4.22. The van der Waals surface area contributed by atoms with Crippen LogP contribution in [0.5, 0.6) is 5.75 Å². The van der Waals surface area contributed by atoms with Gasteiger partial charge in [0, 0.05) is 13.5 Å². The molecule has 1 saturated heterocycles. The van der Waals surface area contributed by atoms with Gasteiger partial charge in [0.05, 0.1) is 30.9 Å². The summed E-state index contributed by atoms with van der Waals surface area (Å²) in [6, 6.07) is 22.1. The number of nitriles is 1. The number of pyridine rings is 1. The summed E-state index contributed by atoms with van der Waals surface area (Å²) >= 11 is 0. The van der Waals surface area contributed by atoms with Crippen LogP contribution in [0.25, 0.3) is 0 Å². The van der Waals surface area contributed by atoms with Crippen molar-refractivity contribution in [3.05, 3.63) is 89.6 Å². The normalized spacial score (nSPS) is 14.8. The van der Waals surface area contributed by atoms with Crippen molar-refractivity contribution in [2.45, 2.75) is 31.9 Å². The van der Waals surface area contributed by atoms with Gasteiger partial charge in [0.15, 0.2) is 0 Å². The highest BCUT2D eigenvalue weighted by atomic mass is 16.5. The van der Waals surface area contributed by atoms with Crippen LogP contribution in [0.1, 0.15) is 42.5 Å². The Morgan fingerprint density at radius 1 is 1.08 bits per heavy atom. The second kappa shape index (κ2) is 11.5. The number of aromatic nitrogens is 1. The van der Waals surface area contributed by atoms with Gasteiger partial charge in [-0.25, -0.2) is 4.98 Å². The summed E-state index contributed by atoms with van der Waals surface area (Å²) in [5.74, 6) is 0.977. The highest BCUT2D eigenvalue weighted by molar-refractivity contribution is 5.94. The predicted octanol–water partition coefficient (Wildman–Crippen LogP) is 3.64. The number of carbonyl (C=O) groups is 2. The molecule has 4 rings (SSSR count). The van der Waals surface area contributed by atoms with Crippen LogP contribution in [0.3, 0.4) is 0 Å². The summed E-state index contributed by atoms with van der Waals surface area (Å²) in [5.41, 5.74) is 2.56. The fourth-order valence-electron chi connectivity index (χ4n) is 3.99. The van der Waals surface area contributed by atoms with E-state index in [0.717, 1.165) is 11.1 Å². The number of amides is 2. The Labute approximate surface area is 210 Å². The standard InChI is InChI=1S/C28H29N5O3/c1-19(22-10-8-21(14-29)9-11-22)15-31-27(23-6-4-3-5-7-23)28(35)32-26-13-12-24(16-30-26)36-25-17-33(18-25)20(2)34/h3-13,16,19,25,27,31H,15,17-18H2,1-2H3,(H,30,32,35)/t19?,27-/m0/s1. The summed E-state index contributed by atoms with van der Waals surface area (Å²) in [4.78, 5) is 30.6. The number of rotatable bonds is 9. The second-order valence-corrected chi connectivity index (χ2v) is 8.92. The van der Waals surface area contributed by atoms with E-state index in [1.807, 2.05) is 42.5 Å². The average Bonchev–Trinajstić information content (AvgIpc) is 2.87. The Morgan fingerprint density at radius 2 is 1.81 bits per heavy atom. The molecule has 1 aliphatic rings. The Balaban J connectivity index is 1.37. The molecule has 1 fully saturated rings. The zero-order chi connectivity index (χ0) is 25.5. The van der Waals surface area contributed by atoms with E-state index in [-0.39, 0.29) is 23.8 Å². The number of nitrogens with one attached hydrogen (secondary N) is 2. The molecular weight excluding hydrogens is 454 g/mol. The van der Waals surface area contributed by atoms with E-state index >= 15 is 0 Å². The molecule has 36 heavy (non-hydrogen) atoms. The van der Waals surface area contributed by atoms with Crippen LogP contribution in [0.15, 0.2) is 72.9 Å². The van der Waals surface area contributed by atoms with Crippen LogP contribution in [0, 0.1) is 11.3 Å². The molecule has 2 aromatic carbocycles. The molecule has 0 aliphatic carbocycles. The van der Waals surface area contributed by atoms with Crippen LogP contribution in [0.4, 0.5) is 5.82 Å². The molecule has 8 heteroatoms. The fraction of sp³-hybridized carbons (Fsp3) is 0.286. The number of benzene rings is 2. The van der Waals surface area contributed by atoms with Crippen LogP contribution >= 0.6 is 0 Å². The van der Waals surface area contributed by atoms with E-state index in [4.69, 9.17) is 10.00 Å². The molecule has 1 unspecified atom stereocenters. The Kier molecular flexibility index (Phi) is 7.93. The lowest BCUT2D eigenvalue weighted by Gasteiger charge is -2.38. The summed E-state index contributed by atoms with van der Waals surface area (Å²) in [6.07, 6.45) is 1.53. The van der Waals surface area contributed by atoms with Gasteiger partial charge < -0.3 is 20.3 Å². The first-order valence-electron chi connectivity index (χ1n) is 11.9. The van der Waals surface area contributed by atoms with Crippen LogP contribution in [-0.4, -0.2) is 47.4 Å². The quantitative estimate of drug-likeness (QED) is 0.481. The summed E-state index contributed by atoms with van der Waals surface area (Å²) in [7, 11) is 0.